The lowest BCUT2D eigenvalue weighted by Crippen LogP contribution is -2.40. The van der Waals surface area contributed by atoms with Crippen LogP contribution in [0.5, 0.6) is 5.75 Å². The number of ether oxygens (including phenoxy) is 1. The van der Waals surface area contributed by atoms with Crippen molar-refractivity contribution in [1.82, 2.24) is 4.90 Å². The molecule has 2 rings (SSSR count). The SMILES string of the molecule is COc1ccc(CCC(=O)N(CCO)C2CCCC2)cc1. The average molecular weight is 291 g/mol. The van der Waals surface area contributed by atoms with Gasteiger partial charge in [0.15, 0.2) is 0 Å². The van der Waals surface area contributed by atoms with Gasteiger partial charge in [-0.3, -0.25) is 4.79 Å². The van der Waals surface area contributed by atoms with Gasteiger partial charge >= 0.3 is 0 Å². The lowest BCUT2D eigenvalue weighted by atomic mass is 10.1. The van der Waals surface area contributed by atoms with E-state index in [1.165, 1.54) is 12.8 Å². The summed E-state index contributed by atoms with van der Waals surface area (Å²) in [5.41, 5.74) is 1.14. The minimum absolute atomic E-state index is 0.0464. The van der Waals surface area contributed by atoms with Crippen LogP contribution in [0.1, 0.15) is 37.7 Å². The smallest absolute Gasteiger partial charge is 0.223 e. The highest BCUT2D eigenvalue weighted by molar-refractivity contribution is 5.76. The number of aryl methyl sites for hydroxylation is 1. The Hall–Kier alpha value is -1.55. The number of aliphatic hydroxyl groups excluding tert-OH is 1. The van der Waals surface area contributed by atoms with Gasteiger partial charge in [0.05, 0.1) is 13.7 Å². The summed E-state index contributed by atoms with van der Waals surface area (Å²) in [6, 6.07) is 8.17. The summed E-state index contributed by atoms with van der Waals surface area (Å²) in [6.07, 6.45) is 5.78. The first-order chi connectivity index (χ1) is 10.2. The number of rotatable bonds is 7. The van der Waals surface area contributed by atoms with Gasteiger partial charge < -0.3 is 14.7 Å². The Balaban J connectivity index is 1.88. The molecule has 1 aromatic rings. The number of nitrogens with zero attached hydrogens (tertiary/aromatic N) is 1. The molecule has 1 aromatic carbocycles. The van der Waals surface area contributed by atoms with Crippen LogP contribution in [0.2, 0.25) is 0 Å². The third-order valence-electron chi connectivity index (χ3n) is 4.21. The third kappa shape index (κ3) is 4.46. The molecular weight excluding hydrogens is 266 g/mol. The number of hydrogen-bond donors (Lipinski definition) is 1. The Bertz CT molecular complexity index is 438. The molecule has 4 heteroatoms. The lowest BCUT2D eigenvalue weighted by Gasteiger charge is -2.28. The van der Waals surface area contributed by atoms with Crippen molar-refractivity contribution in [2.75, 3.05) is 20.3 Å². The maximum absolute atomic E-state index is 12.4. The van der Waals surface area contributed by atoms with Crippen LogP contribution in [0.4, 0.5) is 0 Å². The van der Waals surface area contributed by atoms with Crippen LogP contribution < -0.4 is 4.74 Å². The first kappa shape index (κ1) is 15.8. The molecule has 0 bridgehead atoms. The van der Waals surface area contributed by atoms with E-state index in [1.54, 1.807) is 7.11 Å². The first-order valence-corrected chi connectivity index (χ1v) is 7.78. The maximum atomic E-state index is 12.4. The van der Waals surface area contributed by atoms with E-state index in [4.69, 9.17) is 4.74 Å². The topological polar surface area (TPSA) is 49.8 Å². The van der Waals surface area contributed by atoms with Gasteiger partial charge in [-0.15, -0.1) is 0 Å². The monoisotopic (exact) mass is 291 g/mol. The fourth-order valence-electron chi connectivity index (χ4n) is 3.02. The maximum Gasteiger partial charge on any atom is 0.223 e. The molecule has 0 spiro atoms. The van der Waals surface area contributed by atoms with Crippen LogP contribution >= 0.6 is 0 Å². The highest BCUT2D eigenvalue weighted by Gasteiger charge is 2.25. The first-order valence-electron chi connectivity index (χ1n) is 7.78. The van der Waals surface area contributed by atoms with Crippen LogP contribution in [-0.2, 0) is 11.2 Å². The molecule has 0 atom stereocenters. The third-order valence-corrected chi connectivity index (χ3v) is 4.21. The highest BCUT2D eigenvalue weighted by Crippen LogP contribution is 2.24. The van der Waals surface area contributed by atoms with E-state index in [-0.39, 0.29) is 12.5 Å². The molecule has 0 aromatic heterocycles. The quantitative estimate of drug-likeness (QED) is 0.839. The minimum atomic E-state index is 0.0464. The number of hydrogen-bond acceptors (Lipinski definition) is 3. The Morgan fingerprint density at radius 1 is 1.29 bits per heavy atom. The predicted molar refractivity (Wildman–Crippen MR) is 82.4 cm³/mol. The number of benzene rings is 1. The van der Waals surface area contributed by atoms with Gasteiger partial charge in [0.1, 0.15) is 5.75 Å². The molecule has 0 saturated heterocycles. The molecule has 21 heavy (non-hydrogen) atoms. The molecule has 0 radical (unpaired) electrons. The summed E-state index contributed by atoms with van der Waals surface area (Å²) in [6.45, 7) is 0.511. The van der Waals surface area contributed by atoms with Crippen molar-refractivity contribution >= 4 is 5.91 Å². The molecule has 1 aliphatic carbocycles. The predicted octanol–water partition coefficient (Wildman–Crippen LogP) is 2.39. The van der Waals surface area contributed by atoms with Gasteiger partial charge in [-0.2, -0.15) is 0 Å². The number of aliphatic hydroxyl groups is 1. The molecule has 1 saturated carbocycles. The summed E-state index contributed by atoms with van der Waals surface area (Å²) < 4.78 is 5.13. The summed E-state index contributed by atoms with van der Waals surface area (Å²) in [4.78, 5) is 14.3. The summed E-state index contributed by atoms with van der Waals surface area (Å²) in [5.74, 6) is 0.990. The van der Waals surface area contributed by atoms with Crippen molar-refractivity contribution in [3.05, 3.63) is 29.8 Å². The van der Waals surface area contributed by atoms with Crippen molar-refractivity contribution in [3.8, 4) is 5.75 Å². The summed E-state index contributed by atoms with van der Waals surface area (Å²) >= 11 is 0. The van der Waals surface area contributed by atoms with Gasteiger partial charge in [-0.1, -0.05) is 25.0 Å². The molecule has 0 aliphatic heterocycles. The fraction of sp³-hybridized carbons (Fsp3) is 0.588. The summed E-state index contributed by atoms with van der Waals surface area (Å²) in [7, 11) is 1.65. The van der Waals surface area contributed by atoms with Gasteiger partial charge in [0.2, 0.25) is 5.91 Å². The number of methoxy groups -OCH3 is 1. The van der Waals surface area contributed by atoms with Crippen molar-refractivity contribution in [2.24, 2.45) is 0 Å². The molecule has 1 amide bonds. The molecular formula is C17H25NO3. The van der Waals surface area contributed by atoms with Gasteiger partial charge in [-0.25, -0.2) is 0 Å². The largest absolute Gasteiger partial charge is 0.497 e. The summed E-state index contributed by atoms with van der Waals surface area (Å²) in [5, 5.41) is 9.18. The lowest BCUT2D eigenvalue weighted by molar-refractivity contribution is -0.134. The van der Waals surface area contributed by atoms with Gasteiger partial charge in [-0.05, 0) is 37.0 Å². The molecule has 4 nitrogen and oxygen atoms in total. The second-order valence-electron chi connectivity index (χ2n) is 5.60. The molecule has 0 unspecified atom stereocenters. The van der Waals surface area contributed by atoms with Crippen molar-refractivity contribution in [2.45, 2.75) is 44.6 Å². The molecule has 116 valence electrons. The van der Waals surface area contributed by atoms with E-state index in [2.05, 4.69) is 0 Å². The fourth-order valence-corrected chi connectivity index (χ4v) is 3.02. The van der Waals surface area contributed by atoms with E-state index in [0.29, 0.717) is 19.0 Å². The van der Waals surface area contributed by atoms with E-state index < -0.39 is 0 Å². The van der Waals surface area contributed by atoms with E-state index in [9.17, 15) is 9.90 Å². The number of carbonyl (C=O) groups is 1. The molecule has 1 N–H and O–H groups in total. The van der Waals surface area contributed by atoms with Crippen molar-refractivity contribution in [1.29, 1.82) is 0 Å². The molecule has 1 fully saturated rings. The van der Waals surface area contributed by atoms with Crippen LogP contribution in [0.3, 0.4) is 0 Å². The Morgan fingerprint density at radius 2 is 1.95 bits per heavy atom. The normalized spacial score (nSPS) is 15.1. The Kier molecular flexibility index (Phi) is 6.05. The van der Waals surface area contributed by atoms with Gasteiger partial charge in [0.25, 0.3) is 0 Å². The highest BCUT2D eigenvalue weighted by atomic mass is 16.5. The standard InChI is InChI=1S/C17H25NO3/c1-21-16-9-6-14(7-10-16)8-11-17(20)18(12-13-19)15-4-2-3-5-15/h6-7,9-10,15,19H,2-5,8,11-13H2,1H3. The number of carbonyl (C=O) groups excluding carboxylic acids is 1. The van der Waals surface area contributed by atoms with E-state index in [0.717, 1.165) is 30.6 Å². The Morgan fingerprint density at radius 3 is 2.52 bits per heavy atom. The van der Waals surface area contributed by atoms with Crippen LogP contribution in [-0.4, -0.2) is 42.2 Å². The number of amides is 1. The van der Waals surface area contributed by atoms with E-state index >= 15 is 0 Å². The molecule has 1 aliphatic rings. The van der Waals surface area contributed by atoms with Crippen LogP contribution in [0.15, 0.2) is 24.3 Å². The zero-order valence-electron chi connectivity index (χ0n) is 12.8. The van der Waals surface area contributed by atoms with Crippen LogP contribution in [0, 0.1) is 0 Å². The Labute approximate surface area is 126 Å². The van der Waals surface area contributed by atoms with Gasteiger partial charge in [0, 0.05) is 19.0 Å². The van der Waals surface area contributed by atoms with Crippen molar-refractivity contribution in [3.63, 3.8) is 0 Å². The second kappa shape index (κ2) is 8.03. The second-order valence-corrected chi connectivity index (χ2v) is 5.60. The van der Waals surface area contributed by atoms with Crippen molar-refractivity contribution < 1.29 is 14.6 Å². The van der Waals surface area contributed by atoms with Crippen LogP contribution in [0.25, 0.3) is 0 Å². The zero-order chi connectivity index (χ0) is 15.1. The average Bonchev–Trinajstić information content (AvgIpc) is 3.04. The molecule has 0 heterocycles. The van der Waals surface area contributed by atoms with E-state index in [1.807, 2.05) is 29.2 Å². The minimum Gasteiger partial charge on any atom is -0.497 e. The zero-order valence-corrected chi connectivity index (χ0v) is 12.8.